The molecule has 5 aromatic rings. The fraction of sp³-hybridized carbons (Fsp3) is 0.554. The molecule has 0 radical (unpaired) electrons. The third-order valence-corrected chi connectivity index (χ3v) is 21.1. The Morgan fingerprint density at radius 3 is 1.62 bits per heavy atom. The molecular formula is C74H104N18O17S. The average Bonchev–Trinajstić information content (AvgIpc) is 1.62. The summed E-state index contributed by atoms with van der Waals surface area (Å²) in [5.41, 5.74) is 14.5. The molecule has 3 aromatic heterocycles. The van der Waals surface area contributed by atoms with E-state index < -0.39 is 186 Å². The van der Waals surface area contributed by atoms with Gasteiger partial charge >= 0.3 is 11.9 Å². The summed E-state index contributed by atoms with van der Waals surface area (Å²) < 4.78 is 0. The number of aliphatic hydroxyl groups is 1. The second-order valence-corrected chi connectivity index (χ2v) is 28.9. The number of fused-ring (bicyclic) bond motifs is 2. The van der Waals surface area contributed by atoms with E-state index in [1.807, 2.05) is 42.5 Å². The van der Waals surface area contributed by atoms with Gasteiger partial charge in [-0.15, -0.1) is 0 Å². The molecule has 12 amide bonds. The third-order valence-electron chi connectivity index (χ3n) is 20.8. The maximum atomic E-state index is 14.9. The number of benzene rings is 2. The van der Waals surface area contributed by atoms with Crippen molar-refractivity contribution >= 4 is 117 Å². The van der Waals surface area contributed by atoms with E-state index in [2.05, 4.69) is 80.4 Å². The number of H-pyrrole nitrogens is 3. The van der Waals surface area contributed by atoms with Gasteiger partial charge in [-0.2, -0.15) is 12.6 Å². The minimum atomic E-state index is -1.69. The Labute approximate surface area is 641 Å². The van der Waals surface area contributed by atoms with Gasteiger partial charge in [0.2, 0.25) is 70.9 Å². The van der Waals surface area contributed by atoms with Crippen LogP contribution in [0.1, 0.15) is 128 Å². The number of unbranched alkanes of at least 4 members (excludes halogenated alkanes) is 1. The maximum Gasteiger partial charge on any atom is 0.326 e. The summed E-state index contributed by atoms with van der Waals surface area (Å²) in [4.78, 5) is 213. The van der Waals surface area contributed by atoms with E-state index in [-0.39, 0.29) is 70.3 Å². The van der Waals surface area contributed by atoms with Gasteiger partial charge in [-0.05, 0) is 106 Å². The number of para-hydroxylation sites is 2. The number of amides is 12. The standard InChI is InChI=1S/C74H104N18O17S/c1-6-39(3)61(70(104)86-51(30-43-34-79-48-20-11-9-18-46(43)48)64(98)83-49(74(108)109)21-12-13-25-75)88-65(99)50(29-42-33-78-47-19-10-8-17-45(42)47)82-58(94)36-80-63(97)52(31-44-35-77-38-81-44)84-67(101)55-22-14-26-90(55)71(105)54(37-110)87-68(102)56-23-15-27-91(56)72(106)57-24-16-28-92(57)73(107)62(40(4)7-2)89-66(100)53(32-59(95)96)85-69(103)60(76)41(5)93/h8-11,17-20,33-35,38-41,49-57,60-62,78-79,93,110H,6-7,12-16,21-32,36-37,75-76H2,1-5H3,(H,77,81)(H,80,97)(H,82,94)(H,83,98)(H,84,101)(H,85,103)(H,86,104)(H,87,102)(H,88,99)(H,89,100)(H,95,96)(H,108,109)/t39-,40-,41+,49-,50-,51-,52-,53-,54-,55-,56-,57-,60-,61-,62-/m0/s1. The zero-order chi connectivity index (χ0) is 80.0. The summed E-state index contributed by atoms with van der Waals surface area (Å²) in [5, 5.41) is 54.9. The molecule has 8 rings (SSSR count). The molecule has 6 heterocycles. The Kier molecular flexibility index (Phi) is 31.2. The molecule has 36 heteroatoms. The zero-order valence-electron chi connectivity index (χ0n) is 62.4. The second-order valence-electron chi connectivity index (χ2n) is 28.5. The number of aromatic nitrogens is 4. The van der Waals surface area contributed by atoms with Gasteiger partial charge in [0.25, 0.3) is 0 Å². The number of nitrogens with two attached hydrogens (primary N) is 2. The fourth-order valence-corrected chi connectivity index (χ4v) is 14.3. The maximum absolute atomic E-state index is 14.9. The van der Waals surface area contributed by atoms with Crippen LogP contribution in [-0.2, 0) is 86.4 Å². The molecule has 0 unspecified atom stereocenters. The van der Waals surface area contributed by atoms with Crippen molar-refractivity contribution < 1.29 is 82.4 Å². The van der Waals surface area contributed by atoms with Crippen molar-refractivity contribution in [2.45, 2.75) is 210 Å². The second kappa shape index (κ2) is 40.3. The monoisotopic (exact) mass is 1550 g/mol. The zero-order valence-corrected chi connectivity index (χ0v) is 63.3. The number of likely N-dealkylation sites (tertiary alicyclic amines) is 3. The first kappa shape index (κ1) is 85.2. The predicted octanol–water partition coefficient (Wildman–Crippen LogP) is -1.21. The molecular weight excluding hydrogens is 1440 g/mol. The van der Waals surface area contributed by atoms with Crippen molar-refractivity contribution in [1.29, 1.82) is 0 Å². The lowest BCUT2D eigenvalue weighted by molar-refractivity contribution is -0.149. The van der Waals surface area contributed by atoms with Crippen molar-refractivity contribution in [3.8, 4) is 0 Å². The number of thiol groups is 1. The first-order valence-electron chi connectivity index (χ1n) is 37.5. The first-order valence-corrected chi connectivity index (χ1v) is 38.1. The van der Waals surface area contributed by atoms with Crippen LogP contribution in [0.3, 0.4) is 0 Å². The van der Waals surface area contributed by atoms with Crippen molar-refractivity contribution in [1.82, 2.24) is 82.5 Å². The number of carbonyl (C=O) groups is 14. The van der Waals surface area contributed by atoms with Crippen LogP contribution in [0.2, 0.25) is 0 Å². The normalized spacial score (nSPS) is 18.9. The number of aromatic amines is 3. The van der Waals surface area contributed by atoms with E-state index in [0.29, 0.717) is 68.3 Å². The van der Waals surface area contributed by atoms with Crippen LogP contribution in [0.5, 0.6) is 0 Å². The molecule has 3 aliphatic rings. The summed E-state index contributed by atoms with van der Waals surface area (Å²) in [6.07, 6.45) is 6.79. The number of hydrogen-bond donors (Lipinski definition) is 18. The van der Waals surface area contributed by atoms with Crippen molar-refractivity contribution in [3.05, 3.63) is 90.3 Å². The quantitative estimate of drug-likeness (QED) is 0.0162. The average molecular weight is 1550 g/mol. The molecule has 19 N–H and O–H groups in total. The Morgan fingerprint density at radius 1 is 0.564 bits per heavy atom. The highest BCUT2D eigenvalue weighted by Gasteiger charge is 2.47. The SMILES string of the molecule is CC[C@H](C)[C@H](NC(=O)[C@H](Cc1c[nH]c2ccccc12)NC(=O)CNC(=O)[C@H](Cc1cnc[nH]1)NC(=O)[C@@H]1CCCN1C(=O)[C@H](CS)NC(=O)[C@@H]1CCCN1C(=O)[C@@H]1CCCN1C(=O)[C@@H](NC(=O)[C@H](CC(=O)O)NC(=O)[C@@H](N)[C@@H](C)O)[C@@H](C)CC)C(=O)N[C@@H](Cc1c[nH]c2ccccc12)C(=O)N[C@@H](CCCCN)C(=O)O. The molecule has 110 heavy (non-hydrogen) atoms. The third kappa shape index (κ3) is 22.2. The van der Waals surface area contributed by atoms with Crippen LogP contribution in [0, 0.1) is 11.8 Å². The van der Waals surface area contributed by atoms with Gasteiger partial charge in [0, 0.05) is 90.7 Å². The highest BCUT2D eigenvalue weighted by molar-refractivity contribution is 7.80. The van der Waals surface area contributed by atoms with Gasteiger partial charge in [0.1, 0.15) is 72.5 Å². The number of nitrogens with zero attached hydrogens (tertiary/aromatic N) is 4. The number of rotatable bonds is 40. The van der Waals surface area contributed by atoms with Crippen LogP contribution in [0.15, 0.2) is 73.4 Å². The topological polar surface area (TPSA) is 530 Å². The summed E-state index contributed by atoms with van der Waals surface area (Å²) in [6.45, 7) is 8.01. The smallest absolute Gasteiger partial charge is 0.326 e. The molecule has 0 spiro atoms. The van der Waals surface area contributed by atoms with Crippen molar-refractivity contribution in [2.24, 2.45) is 23.3 Å². The van der Waals surface area contributed by atoms with Gasteiger partial charge in [-0.3, -0.25) is 62.3 Å². The van der Waals surface area contributed by atoms with Crippen molar-refractivity contribution in [2.75, 3.05) is 38.5 Å². The highest BCUT2D eigenvalue weighted by atomic mass is 32.1. The van der Waals surface area contributed by atoms with Crippen LogP contribution in [-0.4, -0.2) is 250 Å². The van der Waals surface area contributed by atoms with Crippen LogP contribution in [0.25, 0.3) is 21.8 Å². The predicted molar refractivity (Wildman–Crippen MR) is 404 cm³/mol. The number of carboxylic acid groups (broad SMARTS) is 2. The van der Waals surface area contributed by atoms with E-state index in [4.69, 9.17) is 11.5 Å². The molecule has 0 saturated carbocycles. The number of nitrogens with one attached hydrogen (secondary N) is 12. The number of carbonyl (C=O) groups excluding carboxylic acids is 12. The van der Waals surface area contributed by atoms with Crippen LogP contribution < -0.4 is 59.3 Å². The van der Waals surface area contributed by atoms with Gasteiger partial charge in [0.15, 0.2) is 0 Å². The lowest BCUT2D eigenvalue weighted by Crippen LogP contribution is -2.61. The summed E-state index contributed by atoms with van der Waals surface area (Å²) in [6, 6.07) is -1.43. The molecule has 0 bridgehead atoms. The molecule has 2 aromatic carbocycles. The van der Waals surface area contributed by atoms with Crippen molar-refractivity contribution in [3.63, 3.8) is 0 Å². The molecule has 3 aliphatic heterocycles. The van der Waals surface area contributed by atoms with Crippen LogP contribution >= 0.6 is 12.6 Å². The van der Waals surface area contributed by atoms with E-state index in [0.717, 1.165) is 21.8 Å². The molecule has 15 atom stereocenters. The number of imidazole rings is 1. The molecule has 35 nitrogen and oxygen atoms in total. The Morgan fingerprint density at radius 2 is 1.06 bits per heavy atom. The number of carboxylic acids is 2. The molecule has 3 fully saturated rings. The van der Waals surface area contributed by atoms with Gasteiger partial charge in [0.05, 0.1) is 25.4 Å². The minimum Gasteiger partial charge on any atom is -0.481 e. The molecule has 598 valence electrons. The van der Waals surface area contributed by atoms with E-state index in [9.17, 15) is 82.4 Å². The Bertz CT molecular complexity index is 4100. The summed E-state index contributed by atoms with van der Waals surface area (Å²) in [5.74, 6) is -13.6. The first-order chi connectivity index (χ1) is 52.6. The van der Waals surface area contributed by atoms with E-state index in [1.54, 1.807) is 46.2 Å². The van der Waals surface area contributed by atoms with E-state index >= 15 is 0 Å². The largest absolute Gasteiger partial charge is 0.481 e. The molecule has 0 aliphatic carbocycles. The number of aliphatic hydroxyl groups excluding tert-OH is 1. The summed E-state index contributed by atoms with van der Waals surface area (Å²) >= 11 is 4.43. The summed E-state index contributed by atoms with van der Waals surface area (Å²) in [7, 11) is 0. The van der Waals surface area contributed by atoms with Gasteiger partial charge < -0.3 is 104 Å². The molecule has 3 saturated heterocycles. The van der Waals surface area contributed by atoms with E-state index in [1.165, 1.54) is 34.1 Å². The minimum absolute atomic E-state index is 0.0587. The van der Waals surface area contributed by atoms with Gasteiger partial charge in [-0.25, -0.2) is 9.78 Å². The highest BCUT2D eigenvalue weighted by Crippen LogP contribution is 2.29. The fourth-order valence-electron chi connectivity index (χ4n) is 14.1. The lowest BCUT2D eigenvalue weighted by atomic mass is 9.96. The number of hydrogen-bond acceptors (Lipinski definition) is 19. The van der Waals surface area contributed by atoms with Crippen LogP contribution in [0.4, 0.5) is 0 Å². The Balaban J connectivity index is 0.924. The number of aliphatic carboxylic acids is 2. The lowest BCUT2D eigenvalue weighted by Gasteiger charge is -2.35. The van der Waals surface area contributed by atoms with Gasteiger partial charge in [-0.1, -0.05) is 76.9 Å². The Hall–Kier alpha value is -10.5.